The molecular formula is C8H15Cl5Si. The second kappa shape index (κ2) is 16.3. The van der Waals surface area contributed by atoms with Gasteiger partial charge >= 0.3 is 0 Å². The Balaban J connectivity index is -0.0000000758. The molecule has 1 aromatic carbocycles. The highest BCUT2D eigenvalue weighted by molar-refractivity contribution is 7.22. The van der Waals surface area contributed by atoms with E-state index in [2.05, 4.69) is 38.1 Å². The van der Waals surface area contributed by atoms with E-state index in [1.807, 2.05) is 0 Å². The molecule has 0 unspecified atom stereocenters. The van der Waals surface area contributed by atoms with Crippen LogP contribution >= 0.6 is 59.4 Å². The number of aryl methyl sites for hydroxylation is 2. The first-order chi connectivity index (χ1) is 5.22. The van der Waals surface area contributed by atoms with Crippen LogP contribution in [0.25, 0.3) is 0 Å². The third-order valence-corrected chi connectivity index (χ3v) is 1.43. The predicted octanol–water partition coefficient (Wildman–Crippen LogP) is 4.03. The van der Waals surface area contributed by atoms with Crippen molar-refractivity contribution in [3.8, 4) is 0 Å². The van der Waals surface area contributed by atoms with Crippen LogP contribution in [0.2, 0.25) is 0 Å². The fourth-order valence-corrected chi connectivity index (χ4v) is 0.663. The molecule has 0 aliphatic heterocycles. The molecule has 0 aliphatic rings. The molecule has 0 radical (unpaired) electrons. The predicted molar refractivity (Wildman–Crippen MR) is 77.9 cm³/mol. The van der Waals surface area contributed by atoms with Crippen molar-refractivity contribution in [1.29, 1.82) is 0 Å². The minimum Gasteiger partial charge on any atom is -0.155 e. The zero-order valence-corrected chi connectivity index (χ0v) is 13.4. The minimum atomic E-state index is -0.639. The summed E-state index contributed by atoms with van der Waals surface area (Å²) in [5.41, 5.74) is 2.74. The van der Waals surface area contributed by atoms with Crippen LogP contribution in [0.4, 0.5) is 0 Å². The number of rotatable bonds is 0. The van der Waals surface area contributed by atoms with Crippen LogP contribution in [0.3, 0.4) is 0 Å². The Morgan fingerprint density at radius 1 is 0.857 bits per heavy atom. The first-order valence-corrected chi connectivity index (χ1v) is 7.64. The lowest BCUT2D eigenvalue weighted by molar-refractivity contribution is 1.34. The summed E-state index contributed by atoms with van der Waals surface area (Å²) < 4.78 is 0. The van der Waals surface area contributed by atoms with Crippen molar-refractivity contribution < 1.29 is 0 Å². The van der Waals surface area contributed by atoms with Gasteiger partial charge in [-0.3, -0.25) is 0 Å². The highest BCUT2D eigenvalue weighted by Gasteiger charge is 1.83. The maximum Gasteiger partial charge on any atom is 0.222 e. The van der Waals surface area contributed by atoms with Crippen LogP contribution < -0.4 is 0 Å². The number of hydrogen-bond donors (Lipinski definition) is 0. The smallest absolute Gasteiger partial charge is 0.155 e. The maximum atomic E-state index is 4.90. The van der Waals surface area contributed by atoms with E-state index in [-0.39, 0.29) is 37.2 Å². The number of halogens is 5. The van der Waals surface area contributed by atoms with Crippen LogP contribution in [0, 0.1) is 13.8 Å². The van der Waals surface area contributed by atoms with Gasteiger partial charge in [0.15, 0.2) is 0 Å². The Labute approximate surface area is 116 Å². The first kappa shape index (κ1) is 24.2. The van der Waals surface area contributed by atoms with E-state index in [9.17, 15) is 0 Å². The molecule has 0 fully saturated rings. The van der Waals surface area contributed by atoms with Gasteiger partial charge in [0.1, 0.15) is 0 Å². The lowest BCUT2D eigenvalue weighted by Crippen LogP contribution is -1.74. The van der Waals surface area contributed by atoms with Crippen LogP contribution in [-0.2, 0) is 0 Å². The average molecular weight is 317 g/mol. The quantitative estimate of drug-likeness (QED) is 0.501. The molecule has 0 atom stereocenters. The SMILES string of the molecule is Cc1ccccc1C.Cl.Cl.Cl.Cl[SiH2]Cl. The molecule has 0 saturated heterocycles. The first-order valence-electron chi connectivity index (χ1n) is 3.36. The summed E-state index contributed by atoms with van der Waals surface area (Å²) in [6, 6.07) is 8.36. The second-order valence-electron chi connectivity index (χ2n) is 2.19. The van der Waals surface area contributed by atoms with Crippen LogP contribution in [-0.4, -0.2) is 8.14 Å². The summed E-state index contributed by atoms with van der Waals surface area (Å²) >= 11 is 9.81. The lowest BCUT2D eigenvalue weighted by atomic mass is 10.1. The molecule has 86 valence electrons. The van der Waals surface area contributed by atoms with Crippen molar-refractivity contribution in [1.82, 2.24) is 0 Å². The second-order valence-corrected chi connectivity index (χ2v) is 4.81. The molecule has 0 N–H and O–H groups in total. The zero-order chi connectivity index (χ0) is 8.69. The molecule has 0 heterocycles. The van der Waals surface area contributed by atoms with E-state index in [1.165, 1.54) is 11.1 Å². The standard InChI is InChI=1S/C8H10.Cl2H2Si.3ClH/c1-7-5-3-4-6-8(7)2;1-3-2;;;/h3-6H,1-2H3;3H2;3*1H. The summed E-state index contributed by atoms with van der Waals surface area (Å²) in [6.45, 7) is 4.24. The van der Waals surface area contributed by atoms with Gasteiger partial charge in [0.25, 0.3) is 0 Å². The molecule has 0 nitrogen and oxygen atoms in total. The van der Waals surface area contributed by atoms with Crippen LogP contribution in [0.5, 0.6) is 0 Å². The van der Waals surface area contributed by atoms with E-state index in [1.54, 1.807) is 0 Å². The summed E-state index contributed by atoms with van der Waals surface area (Å²) in [5.74, 6) is 0. The number of hydrogen-bond acceptors (Lipinski definition) is 0. The molecule has 0 bridgehead atoms. The van der Waals surface area contributed by atoms with Gasteiger partial charge in [-0.15, -0.1) is 37.2 Å². The Hall–Kier alpha value is 0.887. The highest BCUT2D eigenvalue weighted by Crippen LogP contribution is 2.02. The molecular weight excluding hydrogens is 301 g/mol. The topological polar surface area (TPSA) is 0 Å². The van der Waals surface area contributed by atoms with Gasteiger partial charge in [-0.25, -0.2) is 0 Å². The largest absolute Gasteiger partial charge is 0.222 e. The van der Waals surface area contributed by atoms with E-state index >= 15 is 0 Å². The van der Waals surface area contributed by atoms with Crippen molar-refractivity contribution in [2.75, 3.05) is 0 Å². The zero-order valence-electron chi connectivity index (χ0n) is 8.00. The molecule has 6 heteroatoms. The lowest BCUT2D eigenvalue weighted by Gasteiger charge is -1.93. The Morgan fingerprint density at radius 2 is 1.07 bits per heavy atom. The fourth-order valence-electron chi connectivity index (χ4n) is 0.663. The van der Waals surface area contributed by atoms with Gasteiger partial charge in [0, 0.05) is 0 Å². The van der Waals surface area contributed by atoms with Crippen molar-refractivity contribution in [3.63, 3.8) is 0 Å². The van der Waals surface area contributed by atoms with Gasteiger partial charge in [-0.2, -0.15) is 22.2 Å². The average Bonchev–Trinajstić information content (AvgIpc) is 1.97. The highest BCUT2D eigenvalue weighted by atomic mass is 35.7. The molecule has 0 saturated carbocycles. The van der Waals surface area contributed by atoms with Gasteiger partial charge in [-0.05, 0) is 25.0 Å². The summed E-state index contributed by atoms with van der Waals surface area (Å²) in [5, 5.41) is 0. The molecule has 0 spiro atoms. The van der Waals surface area contributed by atoms with Crippen LogP contribution in [0.15, 0.2) is 24.3 Å². The normalized spacial score (nSPS) is 6.57. The summed E-state index contributed by atoms with van der Waals surface area (Å²) in [7, 11) is -0.639. The maximum absolute atomic E-state index is 4.90. The molecule has 14 heavy (non-hydrogen) atoms. The van der Waals surface area contributed by atoms with Crippen molar-refractivity contribution >= 4 is 67.5 Å². The van der Waals surface area contributed by atoms with Crippen molar-refractivity contribution in [2.24, 2.45) is 0 Å². The Bertz CT molecular complexity index is 186. The fraction of sp³-hybridized carbons (Fsp3) is 0.250. The van der Waals surface area contributed by atoms with E-state index in [0.717, 1.165) is 0 Å². The Morgan fingerprint density at radius 3 is 1.21 bits per heavy atom. The third kappa shape index (κ3) is 12.9. The number of benzene rings is 1. The molecule has 1 rings (SSSR count). The third-order valence-electron chi connectivity index (χ3n) is 1.43. The van der Waals surface area contributed by atoms with E-state index in [4.69, 9.17) is 22.2 Å². The van der Waals surface area contributed by atoms with Crippen LogP contribution in [0.1, 0.15) is 11.1 Å². The van der Waals surface area contributed by atoms with Crippen molar-refractivity contribution in [2.45, 2.75) is 13.8 Å². The molecule has 1 aromatic rings. The minimum absolute atomic E-state index is 0. The van der Waals surface area contributed by atoms with E-state index in [0.29, 0.717) is 0 Å². The van der Waals surface area contributed by atoms with E-state index < -0.39 is 8.14 Å². The van der Waals surface area contributed by atoms with Crippen molar-refractivity contribution in [3.05, 3.63) is 35.4 Å². The summed E-state index contributed by atoms with van der Waals surface area (Å²) in [6.07, 6.45) is 0. The van der Waals surface area contributed by atoms with Gasteiger partial charge < -0.3 is 0 Å². The van der Waals surface area contributed by atoms with Gasteiger partial charge in [0.05, 0.1) is 0 Å². The van der Waals surface area contributed by atoms with Gasteiger partial charge in [0.2, 0.25) is 8.14 Å². The molecule has 0 aliphatic carbocycles. The molecule has 0 amide bonds. The molecule has 0 aromatic heterocycles. The summed E-state index contributed by atoms with van der Waals surface area (Å²) in [4.78, 5) is 0. The monoisotopic (exact) mass is 314 g/mol. The van der Waals surface area contributed by atoms with Gasteiger partial charge in [-0.1, -0.05) is 24.3 Å². The Kier molecular flexibility index (Phi) is 28.2.